The minimum atomic E-state index is 0.423. The fourth-order valence-electron chi connectivity index (χ4n) is 2.97. The topological polar surface area (TPSA) is 24.5 Å². The first kappa shape index (κ1) is 15.1. The molecule has 1 aromatic carbocycles. The van der Waals surface area contributed by atoms with Gasteiger partial charge in [0, 0.05) is 32.3 Å². The molecule has 0 unspecified atom stereocenters. The number of rotatable bonds is 6. The highest BCUT2D eigenvalue weighted by Crippen LogP contribution is 2.30. The van der Waals surface area contributed by atoms with Crippen LogP contribution in [-0.2, 0) is 11.3 Å². The van der Waals surface area contributed by atoms with Crippen LogP contribution in [0.5, 0.6) is 0 Å². The molecule has 2 fully saturated rings. The van der Waals surface area contributed by atoms with Crippen LogP contribution in [0.4, 0.5) is 5.69 Å². The van der Waals surface area contributed by atoms with Crippen molar-refractivity contribution in [1.29, 1.82) is 0 Å². The van der Waals surface area contributed by atoms with Gasteiger partial charge in [0.1, 0.15) is 0 Å². The Bertz CT molecular complexity index is 468. The molecule has 116 valence electrons. The van der Waals surface area contributed by atoms with Crippen LogP contribution < -0.4 is 10.2 Å². The Balaban J connectivity index is 1.57. The first-order chi connectivity index (χ1) is 10.3. The van der Waals surface area contributed by atoms with Gasteiger partial charge in [-0.1, -0.05) is 17.7 Å². The third kappa shape index (κ3) is 4.12. The van der Waals surface area contributed by atoms with E-state index in [2.05, 4.69) is 35.3 Å². The van der Waals surface area contributed by atoms with Crippen LogP contribution in [-0.4, -0.2) is 31.8 Å². The highest BCUT2D eigenvalue weighted by molar-refractivity contribution is 6.33. The zero-order valence-electron chi connectivity index (χ0n) is 12.8. The predicted molar refractivity (Wildman–Crippen MR) is 88.2 cm³/mol. The molecule has 1 saturated heterocycles. The van der Waals surface area contributed by atoms with Gasteiger partial charge in [0.2, 0.25) is 0 Å². The lowest BCUT2D eigenvalue weighted by Crippen LogP contribution is -2.37. The molecule has 2 aliphatic rings. The Morgan fingerprint density at radius 3 is 2.62 bits per heavy atom. The van der Waals surface area contributed by atoms with Gasteiger partial charge in [-0.25, -0.2) is 0 Å². The number of hydrogen-bond donors (Lipinski definition) is 1. The zero-order chi connectivity index (χ0) is 14.7. The van der Waals surface area contributed by atoms with Gasteiger partial charge in [0.25, 0.3) is 0 Å². The number of anilines is 1. The quantitative estimate of drug-likeness (QED) is 0.869. The third-order valence-corrected chi connectivity index (χ3v) is 4.67. The van der Waals surface area contributed by atoms with Crippen molar-refractivity contribution in [3.63, 3.8) is 0 Å². The molecule has 1 heterocycles. The minimum Gasteiger partial charge on any atom is -0.378 e. The second kappa shape index (κ2) is 6.99. The van der Waals surface area contributed by atoms with Crippen LogP contribution in [0, 0.1) is 0 Å². The molecule has 0 aromatic heterocycles. The Kier molecular flexibility index (Phi) is 5.04. The van der Waals surface area contributed by atoms with E-state index in [1.165, 1.54) is 24.1 Å². The van der Waals surface area contributed by atoms with E-state index in [-0.39, 0.29) is 0 Å². The minimum absolute atomic E-state index is 0.423. The largest absolute Gasteiger partial charge is 0.378 e. The monoisotopic (exact) mass is 308 g/mol. The van der Waals surface area contributed by atoms with Gasteiger partial charge in [-0.15, -0.1) is 0 Å². The summed E-state index contributed by atoms with van der Waals surface area (Å²) in [5.41, 5.74) is 2.45. The lowest BCUT2D eigenvalue weighted by Gasteiger charge is -2.34. The SMILES string of the molecule is CCOC1CCN(c2ccc(CNC3CC3)cc2Cl)CC1. The molecular formula is C17H25ClN2O. The van der Waals surface area contributed by atoms with Gasteiger partial charge in [-0.3, -0.25) is 0 Å². The first-order valence-electron chi connectivity index (χ1n) is 8.14. The van der Waals surface area contributed by atoms with Crippen LogP contribution in [0.2, 0.25) is 5.02 Å². The molecular weight excluding hydrogens is 284 g/mol. The van der Waals surface area contributed by atoms with Gasteiger partial charge >= 0.3 is 0 Å². The average Bonchev–Trinajstić information content (AvgIpc) is 3.31. The van der Waals surface area contributed by atoms with E-state index in [0.29, 0.717) is 6.10 Å². The maximum absolute atomic E-state index is 6.49. The Hall–Kier alpha value is -0.770. The number of hydrogen-bond acceptors (Lipinski definition) is 3. The summed E-state index contributed by atoms with van der Waals surface area (Å²) in [5.74, 6) is 0. The van der Waals surface area contributed by atoms with Gasteiger partial charge in [0.05, 0.1) is 16.8 Å². The zero-order valence-corrected chi connectivity index (χ0v) is 13.5. The van der Waals surface area contributed by atoms with Crippen LogP contribution >= 0.6 is 11.6 Å². The van der Waals surface area contributed by atoms with E-state index in [0.717, 1.165) is 50.1 Å². The van der Waals surface area contributed by atoms with Crippen molar-refractivity contribution >= 4 is 17.3 Å². The Labute approximate surface area is 132 Å². The van der Waals surface area contributed by atoms with Crippen molar-refractivity contribution in [3.8, 4) is 0 Å². The predicted octanol–water partition coefficient (Wildman–Crippen LogP) is 3.60. The van der Waals surface area contributed by atoms with Crippen molar-refractivity contribution in [2.75, 3.05) is 24.6 Å². The summed E-state index contributed by atoms with van der Waals surface area (Å²) in [7, 11) is 0. The van der Waals surface area contributed by atoms with Crippen molar-refractivity contribution in [3.05, 3.63) is 28.8 Å². The summed E-state index contributed by atoms with van der Waals surface area (Å²) in [6, 6.07) is 7.22. The first-order valence-corrected chi connectivity index (χ1v) is 8.52. The summed E-state index contributed by atoms with van der Waals surface area (Å²) < 4.78 is 5.71. The maximum atomic E-state index is 6.49. The molecule has 4 heteroatoms. The lowest BCUT2D eigenvalue weighted by molar-refractivity contribution is 0.0459. The molecule has 1 N–H and O–H groups in total. The van der Waals surface area contributed by atoms with Crippen molar-refractivity contribution in [1.82, 2.24) is 5.32 Å². The number of piperidine rings is 1. The average molecular weight is 309 g/mol. The molecule has 1 saturated carbocycles. The number of benzene rings is 1. The number of halogens is 1. The van der Waals surface area contributed by atoms with Gasteiger partial charge in [0.15, 0.2) is 0 Å². The normalized spacial score (nSPS) is 20.0. The van der Waals surface area contributed by atoms with E-state index in [4.69, 9.17) is 16.3 Å². The highest BCUT2D eigenvalue weighted by Gasteiger charge is 2.22. The summed E-state index contributed by atoms with van der Waals surface area (Å²) in [5, 5.41) is 4.41. The molecule has 0 atom stereocenters. The number of nitrogens with zero attached hydrogens (tertiary/aromatic N) is 1. The van der Waals surface area contributed by atoms with E-state index >= 15 is 0 Å². The Morgan fingerprint density at radius 2 is 2.00 bits per heavy atom. The summed E-state index contributed by atoms with van der Waals surface area (Å²) in [6.45, 7) is 5.87. The molecule has 3 nitrogen and oxygen atoms in total. The second-order valence-electron chi connectivity index (χ2n) is 6.08. The molecule has 0 amide bonds. The fourth-order valence-corrected chi connectivity index (χ4v) is 3.29. The van der Waals surface area contributed by atoms with E-state index in [1.54, 1.807) is 0 Å². The molecule has 1 aliphatic carbocycles. The van der Waals surface area contributed by atoms with E-state index in [9.17, 15) is 0 Å². The van der Waals surface area contributed by atoms with Crippen LogP contribution in [0.25, 0.3) is 0 Å². The summed E-state index contributed by atoms with van der Waals surface area (Å²) in [4.78, 5) is 2.38. The summed E-state index contributed by atoms with van der Waals surface area (Å²) >= 11 is 6.49. The number of ether oxygens (including phenoxy) is 1. The molecule has 0 radical (unpaired) electrons. The lowest BCUT2D eigenvalue weighted by atomic mass is 10.1. The van der Waals surface area contributed by atoms with E-state index in [1.807, 2.05) is 0 Å². The molecule has 1 aromatic rings. The van der Waals surface area contributed by atoms with Crippen molar-refractivity contribution < 1.29 is 4.74 Å². The van der Waals surface area contributed by atoms with Gasteiger partial charge in [-0.2, -0.15) is 0 Å². The molecule has 21 heavy (non-hydrogen) atoms. The van der Waals surface area contributed by atoms with Crippen molar-refractivity contribution in [2.45, 2.75) is 51.3 Å². The third-order valence-electron chi connectivity index (χ3n) is 4.37. The fraction of sp³-hybridized carbons (Fsp3) is 0.647. The van der Waals surface area contributed by atoms with E-state index < -0.39 is 0 Å². The molecule has 0 spiro atoms. The molecule has 1 aliphatic heterocycles. The van der Waals surface area contributed by atoms with Gasteiger partial charge < -0.3 is 15.0 Å². The Morgan fingerprint density at radius 1 is 1.24 bits per heavy atom. The van der Waals surface area contributed by atoms with Crippen LogP contribution in [0.3, 0.4) is 0 Å². The standard InChI is InChI=1S/C17H25ClN2O/c1-2-21-15-7-9-20(10-8-15)17-6-3-13(11-16(17)18)12-19-14-4-5-14/h3,6,11,14-15,19H,2,4-5,7-10,12H2,1H3. The van der Waals surface area contributed by atoms with Crippen molar-refractivity contribution in [2.24, 2.45) is 0 Å². The van der Waals surface area contributed by atoms with Crippen LogP contribution in [0.15, 0.2) is 18.2 Å². The second-order valence-corrected chi connectivity index (χ2v) is 6.49. The molecule has 3 rings (SSSR count). The highest BCUT2D eigenvalue weighted by atomic mass is 35.5. The smallest absolute Gasteiger partial charge is 0.0642 e. The summed E-state index contributed by atoms with van der Waals surface area (Å²) in [6.07, 6.45) is 5.25. The van der Waals surface area contributed by atoms with Gasteiger partial charge in [-0.05, 0) is 50.3 Å². The number of nitrogens with one attached hydrogen (secondary N) is 1. The maximum Gasteiger partial charge on any atom is 0.0642 e. The molecule has 0 bridgehead atoms. The van der Waals surface area contributed by atoms with Crippen LogP contribution in [0.1, 0.15) is 38.2 Å².